The summed E-state index contributed by atoms with van der Waals surface area (Å²) >= 11 is 0. The zero-order chi connectivity index (χ0) is 16.4. The van der Waals surface area contributed by atoms with Gasteiger partial charge in [0, 0.05) is 23.6 Å². The fourth-order valence-electron chi connectivity index (χ4n) is 1.97. The number of hydrogen-bond donors (Lipinski definition) is 0. The van der Waals surface area contributed by atoms with Gasteiger partial charge in [-0.3, -0.25) is 9.59 Å². The smallest absolute Gasteiger partial charge is 0.409 e. The highest BCUT2D eigenvalue weighted by atomic mass is 35.7. The Kier molecular flexibility index (Phi) is 5.48. The second-order valence-electron chi connectivity index (χ2n) is 4.41. The predicted molar refractivity (Wildman–Crippen MR) is 66.0 cm³/mol. The lowest BCUT2D eigenvalue weighted by Gasteiger charge is -2.29. The van der Waals surface area contributed by atoms with Gasteiger partial charge in [-0.1, -0.05) is 0 Å². The quantitative estimate of drug-likeness (QED) is 0.546. The van der Waals surface area contributed by atoms with Crippen molar-refractivity contribution in [2.75, 3.05) is 13.2 Å². The number of likely N-dealkylation sites (tertiary alicyclic amines) is 1. The number of hydrogen-bond acceptors (Lipinski definition) is 5. The van der Waals surface area contributed by atoms with Gasteiger partial charge in [0.1, 0.15) is 11.3 Å². The van der Waals surface area contributed by atoms with Crippen LogP contribution in [0.3, 0.4) is 0 Å². The van der Waals surface area contributed by atoms with Crippen molar-refractivity contribution in [3.8, 4) is 0 Å². The summed E-state index contributed by atoms with van der Waals surface area (Å²) < 4.78 is 65.7. The van der Waals surface area contributed by atoms with Gasteiger partial charge in [-0.05, 0) is 6.92 Å². The zero-order valence-corrected chi connectivity index (χ0v) is 12.5. The number of nitrogens with zero attached hydrogens (tertiary/aromatic N) is 1. The van der Waals surface area contributed by atoms with Gasteiger partial charge in [0.15, 0.2) is 0 Å². The lowest BCUT2D eigenvalue weighted by molar-refractivity contribution is -0.192. The first kappa shape index (κ1) is 18.0. The molecule has 0 spiro atoms. The molecule has 0 bridgehead atoms. The molecular formula is C10H13ClF3NO5S. The molecular weight excluding hydrogens is 339 g/mol. The Hall–Kier alpha value is -1.03. The summed E-state index contributed by atoms with van der Waals surface area (Å²) in [7, 11) is 0.905. The minimum Gasteiger partial charge on any atom is -0.466 e. The number of rotatable bonds is 5. The Labute approximate surface area is 123 Å². The van der Waals surface area contributed by atoms with E-state index in [1.165, 1.54) is 6.92 Å². The van der Waals surface area contributed by atoms with Crippen LogP contribution in [0.4, 0.5) is 13.2 Å². The first-order valence-electron chi connectivity index (χ1n) is 5.92. The average Bonchev–Trinajstić information content (AvgIpc) is 2.66. The number of esters is 1. The largest absolute Gasteiger partial charge is 0.466 e. The van der Waals surface area contributed by atoms with Crippen LogP contribution in [0.2, 0.25) is 0 Å². The van der Waals surface area contributed by atoms with E-state index < -0.39 is 57.8 Å². The maximum Gasteiger partial charge on any atom is 0.409 e. The SMILES string of the molecule is CCOC(=O)CC(N1CC(S(=O)(=O)Cl)CC1=O)C(F)(F)F. The second-order valence-corrected chi connectivity index (χ2v) is 7.32. The van der Waals surface area contributed by atoms with Crippen molar-refractivity contribution in [1.82, 2.24) is 4.90 Å². The molecule has 1 amide bonds. The number of ether oxygens (including phenoxy) is 1. The van der Waals surface area contributed by atoms with E-state index in [0.29, 0.717) is 4.90 Å². The monoisotopic (exact) mass is 351 g/mol. The number of alkyl halides is 3. The molecule has 0 aliphatic carbocycles. The fourth-order valence-corrected chi connectivity index (χ4v) is 3.01. The minimum atomic E-state index is -4.88. The Bertz CT molecular complexity index is 521. The molecule has 6 nitrogen and oxygen atoms in total. The average molecular weight is 352 g/mol. The standard InChI is InChI=1S/C10H13ClF3NO5S/c1-2-20-9(17)4-7(10(12,13)14)15-5-6(3-8(15)16)21(11,18)19/h6-7H,2-5H2,1H3. The summed E-state index contributed by atoms with van der Waals surface area (Å²) in [5, 5.41) is -1.42. The summed E-state index contributed by atoms with van der Waals surface area (Å²) in [4.78, 5) is 23.2. The van der Waals surface area contributed by atoms with Gasteiger partial charge in [0.25, 0.3) is 0 Å². The number of halogens is 4. The topological polar surface area (TPSA) is 80.8 Å². The van der Waals surface area contributed by atoms with Gasteiger partial charge in [-0.25, -0.2) is 8.42 Å². The molecule has 2 unspecified atom stereocenters. The third kappa shape index (κ3) is 4.73. The third-order valence-corrected chi connectivity index (χ3v) is 4.81. The molecule has 0 radical (unpaired) electrons. The molecule has 11 heteroatoms. The van der Waals surface area contributed by atoms with Crippen molar-refractivity contribution in [2.24, 2.45) is 0 Å². The van der Waals surface area contributed by atoms with Gasteiger partial charge in [-0.2, -0.15) is 13.2 Å². The van der Waals surface area contributed by atoms with Crippen molar-refractivity contribution in [3.63, 3.8) is 0 Å². The van der Waals surface area contributed by atoms with Crippen LogP contribution in [-0.2, 0) is 23.4 Å². The molecule has 1 fully saturated rings. The lowest BCUT2D eigenvalue weighted by atomic mass is 10.1. The van der Waals surface area contributed by atoms with Crippen molar-refractivity contribution in [1.29, 1.82) is 0 Å². The zero-order valence-electron chi connectivity index (χ0n) is 10.9. The molecule has 1 aliphatic rings. The van der Waals surface area contributed by atoms with Gasteiger partial charge in [0.05, 0.1) is 13.0 Å². The molecule has 0 N–H and O–H groups in total. The number of carbonyl (C=O) groups excluding carboxylic acids is 2. The molecule has 0 saturated carbocycles. The highest BCUT2D eigenvalue weighted by Crippen LogP contribution is 2.32. The Morgan fingerprint density at radius 2 is 2.10 bits per heavy atom. The van der Waals surface area contributed by atoms with E-state index in [2.05, 4.69) is 4.74 Å². The van der Waals surface area contributed by atoms with Crippen LogP contribution < -0.4 is 0 Å². The van der Waals surface area contributed by atoms with Crippen LogP contribution in [0.15, 0.2) is 0 Å². The normalized spacial score (nSPS) is 21.5. The number of amides is 1. The van der Waals surface area contributed by atoms with Crippen LogP contribution in [0.1, 0.15) is 19.8 Å². The summed E-state index contributed by atoms with van der Waals surface area (Å²) in [5.74, 6) is -2.14. The van der Waals surface area contributed by atoms with E-state index >= 15 is 0 Å². The Morgan fingerprint density at radius 3 is 2.48 bits per heavy atom. The molecule has 21 heavy (non-hydrogen) atoms. The molecule has 0 aromatic heterocycles. The highest BCUT2D eigenvalue weighted by molar-refractivity contribution is 8.14. The van der Waals surface area contributed by atoms with Crippen LogP contribution >= 0.6 is 10.7 Å². The summed E-state index contributed by atoms with van der Waals surface area (Å²) in [5.41, 5.74) is 0. The predicted octanol–water partition coefficient (Wildman–Crippen LogP) is 1.04. The van der Waals surface area contributed by atoms with E-state index in [1.807, 2.05) is 0 Å². The first-order valence-corrected chi connectivity index (χ1v) is 8.29. The van der Waals surface area contributed by atoms with Crippen molar-refractivity contribution >= 4 is 31.6 Å². The van der Waals surface area contributed by atoms with E-state index in [0.717, 1.165) is 0 Å². The molecule has 1 heterocycles. The van der Waals surface area contributed by atoms with E-state index in [4.69, 9.17) is 10.7 Å². The molecule has 1 aliphatic heterocycles. The molecule has 122 valence electrons. The maximum atomic E-state index is 13.0. The molecule has 0 aromatic rings. The summed E-state index contributed by atoms with van der Waals surface area (Å²) in [6.07, 6.45) is -6.60. The van der Waals surface area contributed by atoms with E-state index in [9.17, 15) is 31.2 Å². The Morgan fingerprint density at radius 1 is 1.52 bits per heavy atom. The Balaban J connectivity index is 2.95. The molecule has 1 saturated heterocycles. The van der Waals surface area contributed by atoms with E-state index in [-0.39, 0.29) is 6.61 Å². The minimum absolute atomic E-state index is 0.101. The van der Waals surface area contributed by atoms with Crippen molar-refractivity contribution in [3.05, 3.63) is 0 Å². The van der Waals surface area contributed by atoms with Gasteiger partial charge >= 0.3 is 12.1 Å². The third-order valence-electron chi connectivity index (χ3n) is 2.94. The second kappa shape index (κ2) is 6.39. The van der Waals surface area contributed by atoms with Crippen LogP contribution in [0.25, 0.3) is 0 Å². The lowest BCUT2D eigenvalue weighted by Crippen LogP contribution is -2.48. The van der Waals surface area contributed by atoms with Crippen LogP contribution in [-0.4, -0.2) is 55.8 Å². The maximum absolute atomic E-state index is 13.0. The van der Waals surface area contributed by atoms with E-state index in [1.54, 1.807) is 0 Å². The van der Waals surface area contributed by atoms with Crippen LogP contribution in [0.5, 0.6) is 0 Å². The van der Waals surface area contributed by atoms with Gasteiger partial charge in [-0.15, -0.1) is 0 Å². The van der Waals surface area contributed by atoms with Gasteiger partial charge < -0.3 is 9.64 Å². The van der Waals surface area contributed by atoms with Crippen LogP contribution in [0, 0.1) is 0 Å². The van der Waals surface area contributed by atoms with Gasteiger partial charge in [0.2, 0.25) is 15.0 Å². The van der Waals surface area contributed by atoms with Crippen molar-refractivity contribution < 1.29 is 35.9 Å². The number of carbonyl (C=O) groups is 2. The van der Waals surface area contributed by atoms with Crippen molar-refractivity contribution in [2.45, 2.75) is 37.2 Å². The molecule has 1 rings (SSSR count). The summed E-state index contributed by atoms with van der Waals surface area (Å²) in [6.45, 7) is 0.627. The summed E-state index contributed by atoms with van der Waals surface area (Å²) in [6, 6.07) is -2.42. The molecule has 0 aromatic carbocycles. The first-order chi connectivity index (χ1) is 9.46. The highest BCUT2D eigenvalue weighted by Gasteiger charge is 2.51. The fraction of sp³-hybridized carbons (Fsp3) is 0.800. The molecule has 2 atom stereocenters.